The van der Waals surface area contributed by atoms with Gasteiger partial charge in [0.05, 0.1) is 18.1 Å². The lowest BCUT2D eigenvalue weighted by Crippen LogP contribution is -2.41. The van der Waals surface area contributed by atoms with E-state index in [-0.39, 0.29) is 36.9 Å². The molecule has 1 atom stereocenters. The van der Waals surface area contributed by atoms with Crippen molar-refractivity contribution in [2.45, 2.75) is 27.2 Å². The molecule has 0 radical (unpaired) electrons. The summed E-state index contributed by atoms with van der Waals surface area (Å²) in [4.78, 5) is 13.3. The van der Waals surface area contributed by atoms with E-state index in [0.29, 0.717) is 6.42 Å². The average molecular weight is 236 g/mol. The van der Waals surface area contributed by atoms with Crippen molar-refractivity contribution in [2.24, 2.45) is 17.1 Å². The van der Waals surface area contributed by atoms with Crippen LogP contribution in [0.3, 0.4) is 0 Å². The van der Waals surface area contributed by atoms with E-state index in [1.807, 2.05) is 32.9 Å². The molecule has 0 rings (SSSR count). The van der Waals surface area contributed by atoms with Crippen molar-refractivity contribution in [2.75, 3.05) is 19.6 Å². The Hall–Kier alpha value is -1.59. The summed E-state index contributed by atoms with van der Waals surface area (Å²) in [6.45, 7) is 6.20. The van der Waals surface area contributed by atoms with Crippen LogP contribution in [0.4, 0.5) is 0 Å². The number of carbonyl (C=O) groups excluding carboxylic acids is 1. The topological polar surface area (TPSA) is 93.9 Å². The molecule has 0 aliphatic carbocycles. The molecular weight excluding hydrogens is 216 g/mol. The van der Waals surface area contributed by atoms with E-state index in [9.17, 15) is 4.79 Å². The molecule has 17 heavy (non-hydrogen) atoms. The zero-order chi connectivity index (χ0) is 13.5. The SMILES string of the molecule is CC(C)(C)CC(CN)C(=O)N(CC#N)CC#N. The largest absolute Gasteiger partial charge is 0.330 e. The van der Waals surface area contributed by atoms with Crippen LogP contribution in [0.2, 0.25) is 0 Å². The third-order valence-electron chi connectivity index (χ3n) is 2.33. The highest BCUT2D eigenvalue weighted by Gasteiger charge is 2.27. The van der Waals surface area contributed by atoms with Crippen molar-refractivity contribution in [3.8, 4) is 12.1 Å². The van der Waals surface area contributed by atoms with Crippen molar-refractivity contribution >= 4 is 5.91 Å². The summed E-state index contributed by atoms with van der Waals surface area (Å²) in [6, 6.07) is 3.78. The molecule has 0 fully saturated rings. The van der Waals surface area contributed by atoms with Crippen LogP contribution in [0.15, 0.2) is 0 Å². The maximum absolute atomic E-state index is 12.1. The Morgan fingerprint density at radius 3 is 2.06 bits per heavy atom. The zero-order valence-corrected chi connectivity index (χ0v) is 10.7. The van der Waals surface area contributed by atoms with Crippen molar-refractivity contribution < 1.29 is 4.79 Å². The predicted molar refractivity (Wildman–Crippen MR) is 64.4 cm³/mol. The molecule has 0 saturated carbocycles. The average Bonchev–Trinajstić information content (AvgIpc) is 2.23. The Morgan fingerprint density at radius 1 is 1.29 bits per heavy atom. The zero-order valence-electron chi connectivity index (χ0n) is 10.7. The Labute approximate surface area is 103 Å². The number of amides is 1. The van der Waals surface area contributed by atoms with E-state index in [4.69, 9.17) is 16.3 Å². The third-order valence-corrected chi connectivity index (χ3v) is 2.33. The number of rotatable bonds is 5. The summed E-state index contributed by atoms with van der Waals surface area (Å²) in [5, 5.41) is 17.2. The van der Waals surface area contributed by atoms with Crippen molar-refractivity contribution in [1.82, 2.24) is 4.90 Å². The Kier molecular flexibility index (Phi) is 6.23. The molecule has 1 unspecified atom stereocenters. The van der Waals surface area contributed by atoms with Crippen LogP contribution >= 0.6 is 0 Å². The molecule has 0 aromatic rings. The Morgan fingerprint density at radius 2 is 1.76 bits per heavy atom. The number of nitriles is 2. The highest BCUT2D eigenvalue weighted by atomic mass is 16.2. The lowest BCUT2D eigenvalue weighted by Gasteiger charge is -2.27. The normalized spacial score (nSPS) is 12.4. The molecule has 5 nitrogen and oxygen atoms in total. The molecule has 0 bridgehead atoms. The molecule has 5 heteroatoms. The Balaban J connectivity index is 4.72. The summed E-state index contributed by atoms with van der Waals surface area (Å²) >= 11 is 0. The lowest BCUT2D eigenvalue weighted by atomic mass is 9.84. The van der Waals surface area contributed by atoms with Gasteiger partial charge in [0.1, 0.15) is 13.1 Å². The first-order valence-electron chi connectivity index (χ1n) is 5.58. The fraction of sp³-hybridized carbons (Fsp3) is 0.750. The van der Waals surface area contributed by atoms with Crippen LogP contribution in [0.5, 0.6) is 0 Å². The van der Waals surface area contributed by atoms with Crippen LogP contribution in [-0.2, 0) is 4.79 Å². The van der Waals surface area contributed by atoms with Crippen LogP contribution in [-0.4, -0.2) is 30.4 Å². The van der Waals surface area contributed by atoms with Crippen LogP contribution < -0.4 is 5.73 Å². The van der Waals surface area contributed by atoms with Crippen LogP contribution in [0, 0.1) is 34.0 Å². The van der Waals surface area contributed by atoms with Gasteiger partial charge in [-0.1, -0.05) is 20.8 Å². The maximum atomic E-state index is 12.1. The highest BCUT2D eigenvalue weighted by molar-refractivity contribution is 5.79. The summed E-state index contributed by atoms with van der Waals surface area (Å²) in [5.41, 5.74) is 5.59. The van der Waals surface area contributed by atoms with Gasteiger partial charge in [0.25, 0.3) is 0 Å². The number of carbonyl (C=O) groups is 1. The first-order valence-corrected chi connectivity index (χ1v) is 5.58. The molecule has 1 amide bonds. The van der Waals surface area contributed by atoms with E-state index in [1.165, 1.54) is 4.90 Å². The molecule has 0 saturated heterocycles. The number of nitrogens with zero attached hydrogens (tertiary/aromatic N) is 3. The highest BCUT2D eigenvalue weighted by Crippen LogP contribution is 2.25. The minimum atomic E-state index is -0.323. The molecule has 0 aromatic heterocycles. The van der Waals surface area contributed by atoms with Gasteiger partial charge in [0, 0.05) is 6.54 Å². The van der Waals surface area contributed by atoms with Crippen LogP contribution in [0.25, 0.3) is 0 Å². The molecule has 0 aliphatic heterocycles. The molecule has 2 N–H and O–H groups in total. The first-order chi connectivity index (χ1) is 7.85. The van der Waals surface area contributed by atoms with Crippen LogP contribution in [0.1, 0.15) is 27.2 Å². The van der Waals surface area contributed by atoms with E-state index in [0.717, 1.165) is 0 Å². The molecule has 94 valence electrons. The molecule has 0 heterocycles. The van der Waals surface area contributed by atoms with Gasteiger partial charge in [-0.05, 0) is 11.8 Å². The number of hydrogen-bond acceptors (Lipinski definition) is 4. The fourth-order valence-corrected chi connectivity index (χ4v) is 1.65. The van der Waals surface area contributed by atoms with Gasteiger partial charge >= 0.3 is 0 Å². The monoisotopic (exact) mass is 236 g/mol. The van der Waals surface area contributed by atoms with Gasteiger partial charge in [0.2, 0.25) is 5.91 Å². The minimum absolute atomic E-state index is 0.00927. The fourth-order valence-electron chi connectivity index (χ4n) is 1.65. The Bertz CT molecular complexity index is 316. The van der Waals surface area contributed by atoms with E-state index in [1.54, 1.807) is 0 Å². The summed E-state index contributed by atoms with van der Waals surface area (Å²) < 4.78 is 0. The third kappa shape index (κ3) is 5.89. The second-order valence-corrected chi connectivity index (χ2v) is 5.21. The number of hydrogen-bond donors (Lipinski definition) is 1. The summed E-state index contributed by atoms with van der Waals surface area (Å²) in [6.07, 6.45) is 0.649. The van der Waals surface area contributed by atoms with Crippen molar-refractivity contribution in [3.63, 3.8) is 0 Å². The number of nitrogens with two attached hydrogens (primary N) is 1. The summed E-state index contributed by atoms with van der Waals surface area (Å²) in [5.74, 6) is -0.526. The second kappa shape index (κ2) is 6.88. The predicted octanol–water partition coefficient (Wildman–Crippen LogP) is 0.873. The van der Waals surface area contributed by atoms with Gasteiger partial charge in [-0.15, -0.1) is 0 Å². The van der Waals surface area contributed by atoms with Gasteiger partial charge < -0.3 is 10.6 Å². The first kappa shape index (κ1) is 15.4. The second-order valence-electron chi connectivity index (χ2n) is 5.21. The van der Waals surface area contributed by atoms with Gasteiger partial charge in [0.15, 0.2) is 0 Å². The van der Waals surface area contributed by atoms with Crippen molar-refractivity contribution in [3.05, 3.63) is 0 Å². The maximum Gasteiger partial charge on any atom is 0.228 e. The van der Waals surface area contributed by atoms with Gasteiger partial charge in [-0.25, -0.2) is 0 Å². The molecular formula is C12H20N4O. The molecule has 0 aliphatic rings. The quantitative estimate of drug-likeness (QED) is 0.717. The van der Waals surface area contributed by atoms with E-state index in [2.05, 4.69) is 0 Å². The van der Waals surface area contributed by atoms with Gasteiger partial charge in [-0.3, -0.25) is 4.79 Å². The lowest BCUT2D eigenvalue weighted by molar-refractivity contribution is -0.135. The van der Waals surface area contributed by atoms with Crippen molar-refractivity contribution in [1.29, 1.82) is 10.5 Å². The minimum Gasteiger partial charge on any atom is -0.330 e. The molecule has 0 aromatic carbocycles. The summed E-state index contributed by atoms with van der Waals surface area (Å²) in [7, 11) is 0. The van der Waals surface area contributed by atoms with Gasteiger partial charge in [-0.2, -0.15) is 10.5 Å². The molecule has 0 spiro atoms. The van der Waals surface area contributed by atoms with E-state index >= 15 is 0 Å². The standard InChI is InChI=1S/C12H20N4O/c1-12(2,3)8-10(9-15)11(17)16(6-4-13)7-5-14/h10H,6-9,15H2,1-3H3. The smallest absolute Gasteiger partial charge is 0.228 e. The van der Waals surface area contributed by atoms with E-state index < -0.39 is 0 Å².